The highest BCUT2D eigenvalue weighted by Crippen LogP contribution is 2.16. The van der Waals surface area contributed by atoms with Gasteiger partial charge in [-0.25, -0.2) is 4.79 Å². The van der Waals surface area contributed by atoms with Crippen LogP contribution in [0.3, 0.4) is 0 Å². The number of hydrogen-bond acceptors (Lipinski definition) is 5. The summed E-state index contributed by atoms with van der Waals surface area (Å²) in [5.41, 5.74) is 2.79. The van der Waals surface area contributed by atoms with Crippen LogP contribution < -0.4 is 10.6 Å². The van der Waals surface area contributed by atoms with Crippen molar-refractivity contribution in [2.24, 2.45) is 0 Å². The van der Waals surface area contributed by atoms with E-state index in [9.17, 15) is 9.59 Å². The predicted octanol–water partition coefficient (Wildman–Crippen LogP) is 2.10. The van der Waals surface area contributed by atoms with E-state index >= 15 is 0 Å². The van der Waals surface area contributed by atoms with Gasteiger partial charge < -0.3 is 10.1 Å². The Bertz CT molecular complexity index is 711. The molecule has 1 heterocycles. The van der Waals surface area contributed by atoms with Crippen molar-refractivity contribution >= 4 is 23.5 Å². The van der Waals surface area contributed by atoms with E-state index in [1.165, 1.54) is 11.0 Å². The lowest BCUT2D eigenvalue weighted by Crippen LogP contribution is -2.21. The fourth-order valence-electron chi connectivity index (χ4n) is 1.89. The number of ether oxygens (including phenoxy) is 1. The highest BCUT2D eigenvalue weighted by atomic mass is 16.5. The molecule has 0 saturated heterocycles. The minimum Gasteiger partial charge on any atom is -0.450 e. The molecule has 122 valence electrons. The van der Waals surface area contributed by atoms with Gasteiger partial charge in [-0.05, 0) is 38.0 Å². The van der Waals surface area contributed by atoms with Gasteiger partial charge in [0.05, 0.1) is 12.8 Å². The summed E-state index contributed by atoms with van der Waals surface area (Å²) in [6.45, 7) is 5.78. The van der Waals surface area contributed by atoms with Crippen LogP contribution in [-0.4, -0.2) is 33.6 Å². The van der Waals surface area contributed by atoms with Gasteiger partial charge in [0.15, 0.2) is 5.82 Å². The number of aryl methyl sites for hydroxylation is 2. The van der Waals surface area contributed by atoms with E-state index in [1.54, 1.807) is 6.92 Å². The Balaban J connectivity index is 1.94. The zero-order valence-electron chi connectivity index (χ0n) is 13.3. The summed E-state index contributed by atoms with van der Waals surface area (Å²) in [7, 11) is 0. The number of amides is 2. The van der Waals surface area contributed by atoms with Gasteiger partial charge in [0.2, 0.25) is 5.91 Å². The number of nitrogens with zero attached hydrogens (tertiary/aromatic N) is 3. The van der Waals surface area contributed by atoms with Gasteiger partial charge in [0.25, 0.3) is 0 Å². The van der Waals surface area contributed by atoms with Crippen LogP contribution in [-0.2, 0) is 16.1 Å². The van der Waals surface area contributed by atoms with Crippen LogP contribution in [0.4, 0.5) is 16.3 Å². The van der Waals surface area contributed by atoms with Gasteiger partial charge in [0, 0.05) is 5.69 Å². The molecular weight excluding hydrogens is 298 g/mol. The first kappa shape index (κ1) is 16.5. The Morgan fingerprint density at radius 1 is 1.26 bits per heavy atom. The molecule has 0 aliphatic carbocycles. The highest BCUT2D eigenvalue weighted by Gasteiger charge is 2.10. The molecule has 1 aromatic carbocycles. The molecule has 0 aliphatic heterocycles. The summed E-state index contributed by atoms with van der Waals surface area (Å²) >= 11 is 0. The molecule has 0 fully saturated rings. The summed E-state index contributed by atoms with van der Waals surface area (Å²) in [5.74, 6) is -0.0278. The van der Waals surface area contributed by atoms with Crippen LogP contribution in [0.2, 0.25) is 0 Å². The van der Waals surface area contributed by atoms with Gasteiger partial charge in [-0.3, -0.25) is 10.1 Å². The van der Waals surface area contributed by atoms with Crippen LogP contribution in [0, 0.1) is 13.8 Å². The van der Waals surface area contributed by atoms with E-state index in [-0.39, 0.29) is 24.9 Å². The first-order chi connectivity index (χ1) is 11.0. The SMILES string of the molecule is CCOC(=O)Nc1cnn(CC(=O)Nc2cc(C)ccc2C)n1. The molecule has 0 bridgehead atoms. The van der Waals surface area contributed by atoms with Crippen molar-refractivity contribution in [3.05, 3.63) is 35.5 Å². The van der Waals surface area contributed by atoms with Crippen LogP contribution >= 0.6 is 0 Å². The van der Waals surface area contributed by atoms with Gasteiger partial charge in [-0.1, -0.05) is 12.1 Å². The Morgan fingerprint density at radius 3 is 2.78 bits per heavy atom. The number of hydrogen-bond donors (Lipinski definition) is 2. The minimum atomic E-state index is -0.612. The van der Waals surface area contributed by atoms with Crippen LogP contribution in [0.5, 0.6) is 0 Å². The molecule has 0 atom stereocenters. The lowest BCUT2D eigenvalue weighted by Gasteiger charge is -2.09. The Hall–Kier alpha value is -2.90. The molecular formula is C15H19N5O3. The topological polar surface area (TPSA) is 98.1 Å². The zero-order chi connectivity index (χ0) is 16.8. The molecule has 1 aromatic heterocycles. The maximum absolute atomic E-state index is 12.1. The molecule has 8 nitrogen and oxygen atoms in total. The fourth-order valence-corrected chi connectivity index (χ4v) is 1.89. The largest absolute Gasteiger partial charge is 0.450 e. The summed E-state index contributed by atoms with van der Waals surface area (Å²) in [6, 6.07) is 5.82. The number of benzene rings is 1. The molecule has 2 aromatic rings. The fraction of sp³-hybridized carbons (Fsp3) is 0.333. The Kier molecular flexibility index (Phi) is 5.29. The van der Waals surface area contributed by atoms with Crippen LogP contribution in [0.15, 0.2) is 24.4 Å². The molecule has 0 saturated carbocycles. The molecule has 8 heteroatoms. The van der Waals surface area contributed by atoms with Crippen molar-refractivity contribution in [1.29, 1.82) is 0 Å². The molecule has 0 aliphatic rings. The molecule has 2 N–H and O–H groups in total. The van der Waals surface area contributed by atoms with Gasteiger partial charge >= 0.3 is 6.09 Å². The van der Waals surface area contributed by atoms with Gasteiger partial charge in [-0.2, -0.15) is 9.90 Å². The quantitative estimate of drug-likeness (QED) is 0.880. The van der Waals surface area contributed by atoms with Crippen molar-refractivity contribution in [1.82, 2.24) is 15.0 Å². The highest BCUT2D eigenvalue weighted by molar-refractivity contribution is 5.91. The molecule has 23 heavy (non-hydrogen) atoms. The maximum atomic E-state index is 12.1. The molecule has 0 unspecified atom stereocenters. The second kappa shape index (κ2) is 7.39. The predicted molar refractivity (Wildman–Crippen MR) is 85.2 cm³/mol. The molecule has 0 radical (unpaired) electrons. The third kappa shape index (κ3) is 4.80. The van der Waals surface area contributed by atoms with Crippen molar-refractivity contribution < 1.29 is 14.3 Å². The minimum absolute atomic E-state index is 0.0577. The molecule has 2 amide bonds. The third-order valence-electron chi connectivity index (χ3n) is 2.99. The Labute approximate surface area is 133 Å². The normalized spacial score (nSPS) is 10.2. The average Bonchev–Trinajstić information content (AvgIpc) is 2.90. The number of rotatable bonds is 5. The molecule has 2 rings (SSSR count). The van der Waals surface area contributed by atoms with E-state index < -0.39 is 6.09 Å². The lowest BCUT2D eigenvalue weighted by atomic mass is 10.1. The number of anilines is 2. The van der Waals surface area contributed by atoms with Crippen molar-refractivity contribution in [3.63, 3.8) is 0 Å². The summed E-state index contributed by atoms with van der Waals surface area (Å²) in [4.78, 5) is 24.5. The summed E-state index contributed by atoms with van der Waals surface area (Å²) in [5, 5.41) is 13.1. The van der Waals surface area contributed by atoms with E-state index in [0.717, 1.165) is 16.8 Å². The number of nitrogens with one attached hydrogen (secondary N) is 2. The first-order valence-electron chi connectivity index (χ1n) is 7.19. The van der Waals surface area contributed by atoms with Gasteiger partial charge in [0.1, 0.15) is 6.54 Å². The summed E-state index contributed by atoms with van der Waals surface area (Å²) < 4.78 is 4.73. The average molecular weight is 317 g/mol. The van der Waals surface area contributed by atoms with E-state index in [4.69, 9.17) is 4.74 Å². The van der Waals surface area contributed by atoms with Crippen LogP contribution in [0.25, 0.3) is 0 Å². The third-order valence-corrected chi connectivity index (χ3v) is 2.99. The lowest BCUT2D eigenvalue weighted by molar-refractivity contribution is -0.117. The van der Waals surface area contributed by atoms with Crippen molar-refractivity contribution in [2.75, 3.05) is 17.2 Å². The molecule has 0 spiro atoms. The number of carbonyl (C=O) groups is 2. The second-order valence-corrected chi connectivity index (χ2v) is 4.97. The van der Waals surface area contributed by atoms with E-state index in [0.29, 0.717) is 0 Å². The number of aromatic nitrogens is 3. The maximum Gasteiger partial charge on any atom is 0.412 e. The summed E-state index contributed by atoms with van der Waals surface area (Å²) in [6.07, 6.45) is 0.738. The monoisotopic (exact) mass is 317 g/mol. The first-order valence-corrected chi connectivity index (χ1v) is 7.19. The van der Waals surface area contributed by atoms with Crippen molar-refractivity contribution in [2.45, 2.75) is 27.3 Å². The van der Waals surface area contributed by atoms with Crippen molar-refractivity contribution in [3.8, 4) is 0 Å². The smallest absolute Gasteiger partial charge is 0.412 e. The van der Waals surface area contributed by atoms with E-state index in [1.807, 2.05) is 32.0 Å². The zero-order valence-corrected chi connectivity index (χ0v) is 13.3. The standard InChI is InChI=1S/C15H19N5O3/c1-4-23-15(22)18-13-8-16-20(19-13)9-14(21)17-12-7-10(2)5-6-11(12)3/h5-8H,4,9H2,1-3H3,(H,17,21)(H,18,19,22). The van der Waals surface area contributed by atoms with Crippen LogP contribution in [0.1, 0.15) is 18.1 Å². The number of carbonyl (C=O) groups excluding carboxylic acids is 2. The second-order valence-electron chi connectivity index (χ2n) is 4.97. The van der Waals surface area contributed by atoms with E-state index in [2.05, 4.69) is 20.8 Å². The Morgan fingerprint density at radius 2 is 2.04 bits per heavy atom. The van der Waals surface area contributed by atoms with Gasteiger partial charge in [-0.15, -0.1) is 5.10 Å².